The topological polar surface area (TPSA) is 55.8 Å². The molecule has 1 aromatic carbocycles. The molecule has 1 aliphatic rings. The molecular weight excluding hydrogens is 302 g/mol. The average Bonchev–Trinajstić information content (AvgIpc) is 2.45. The summed E-state index contributed by atoms with van der Waals surface area (Å²) < 4.78 is 0. The van der Waals surface area contributed by atoms with Crippen LogP contribution in [0.5, 0.6) is 0 Å². The van der Waals surface area contributed by atoms with Crippen LogP contribution in [0.25, 0.3) is 0 Å². The second-order valence-electron chi connectivity index (χ2n) is 8.14. The Bertz CT molecular complexity index is 579. The largest absolute Gasteiger partial charge is 0.465 e. The zero-order chi connectivity index (χ0) is 18.1. The van der Waals surface area contributed by atoms with E-state index in [0.29, 0.717) is 0 Å². The number of hydrogen-bond donors (Lipinski definition) is 2. The molecule has 0 saturated carbocycles. The highest BCUT2D eigenvalue weighted by molar-refractivity contribution is 5.67. The Balaban J connectivity index is 2.23. The summed E-state index contributed by atoms with van der Waals surface area (Å²) in [6.07, 6.45) is -0.821. The molecule has 0 bridgehead atoms. The van der Waals surface area contributed by atoms with Crippen molar-refractivity contribution in [3.05, 3.63) is 29.8 Å². The summed E-state index contributed by atoms with van der Waals surface area (Å²) in [6, 6.07) is 8.39. The van der Waals surface area contributed by atoms with Gasteiger partial charge < -0.3 is 10.4 Å². The van der Waals surface area contributed by atoms with Gasteiger partial charge in [-0.15, -0.1) is 0 Å². The van der Waals surface area contributed by atoms with Crippen molar-refractivity contribution in [2.75, 3.05) is 25.5 Å². The van der Waals surface area contributed by atoms with Gasteiger partial charge in [-0.25, -0.2) is 4.79 Å². The van der Waals surface area contributed by atoms with Crippen molar-refractivity contribution in [3.63, 3.8) is 0 Å². The average molecular weight is 333 g/mol. The molecule has 5 nitrogen and oxygen atoms in total. The number of hydrogen-bond acceptors (Lipinski definition) is 3. The van der Waals surface area contributed by atoms with Crippen molar-refractivity contribution in [1.29, 1.82) is 0 Å². The first-order valence-electron chi connectivity index (χ1n) is 8.60. The molecule has 1 fully saturated rings. The molecular formula is C19H31N3O2. The van der Waals surface area contributed by atoms with Gasteiger partial charge in [-0.1, -0.05) is 32.9 Å². The molecule has 0 aromatic heterocycles. The van der Waals surface area contributed by atoms with Crippen LogP contribution in [0.1, 0.15) is 40.2 Å². The number of amides is 1. The fourth-order valence-electron chi connectivity index (χ4n) is 3.67. The van der Waals surface area contributed by atoms with E-state index in [1.54, 1.807) is 4.90 Å². The van der Waals surface area contributed by atoms with E-state index in [0.717, 1.165) is 25.3 Å². The SMILES string of the molecule is CNc1ccc(CN2C[C@H](C)N(C(=O)O)[C@](C)(C(C)(C)C)C2)cc1. The van der Waals surface area contributed by atoms with Crippen LogP contribution < -0.4 is 5.32 Å². The first-order chi connectivity index (χ1) is 11.1. The number of benzene rings is 1. The summed E-state index contributed by atoms with van der Waals surface area (Å²) in [7, 11) is 1.91. The van der Waals surface area contributed by atoms with Crippen molar-refractivity contribution >= 4 is 11.8 Å². The molecule has 0 aliphatic carbocycles. The van der Waals surface area contributed by atoms with Crippen molar-refractivity contribution in [3.8, 4) is 0 Å². The van der Waals surface area contributed by atoms with Gasteiger partial charge in [0.05, 0.1) is 5.54 Å². The van der Waals surface area contributed by atoms with E-state index in [4.69, 9.17) is 0 Å². The summed E-state index contributed by atoms with van der Waals surface area (Å²) in [5.41, 5.74) is 1.78. The van der Waals surface area contributed by atoms with Crippen LogP contribution in [0.3, 0.4) is 0 Å². The van der Waals surface area contributed by atoms with Crippen LogP contribution in [0, 0.1) is 5.41 Å². The Hall–Kier alpha value is -1.75. The van der Waals surface area contributed by atoms with Crippen LogP contribution in [0.4, 0.5) is 10.5 Å². The Labute approximate surface area is 145 Å². The fourth-order valence-corrected chi connectivity index (χ4v) is 3.67. The van der Waals surface area contributed by atoms with Crippen molar-refractivity contribution < 1.29 is 9.90 Å². The van der Waals surface area contributed by atoms with Gasteiger partial charge in [0.15, 0.2) is 0 Å². The Morgan fingerprint density at radius 3 is 2.38 bits per heavy atom. The van der Waals surface area contributed by atoms with Gasteiger partial charge >= 0.3 is 6.09 Å². The van der Waals surface area contributed by atoms with Crippen LogP contribution in [-0.2, 0) is 6.54 Å². The zero-order valence-electron chi connectivity index (χ0n) is 15.8. The normalized spacial score (nSPS) is 25.6. The monoisotopic (exact) mass is 333 g/mol. The number of nitrogens with zero attached hydrogens (tertiary/aromatic N) is 2. The van der Waals surface area contributed by atoms with Crippen LogP contribution >= 0.6 is 0 Å². The molecule has 2 N–H and O–H groups in total. The van der Waals surface area contributed by atoms with Gasteiger partial charge in [-0.2, -0.15) is 0 Å². The predicted octanol–water partition coefficient (Wildman–Crippen LogP) is 3.72. The standard InChI is InChI=1S/C19H31N3O2/c1-14-11-21(12-15-7-9-16(20-6)10-8-15)13-19(5,18(2,3)4)22(14)17(23)24/h7-10,14,20H,11-13H2,1-6H3,(H,23,24)/t14-,19-/m0/s1. The first-order valence-corrected chi connectivity index (χ1v) is 8.60. The molecule has 0 unspecified atom stereocenters. The maximum atomic E-state index is 11.9. The molecule has 1 amide bonds. The molecule has 1 heterocycles. The van der Waals surface area contributed by atoms with Crippen LogP contribution in [-0.4, -0.2) is 52.7 Å². The van der Waals surface area contributed by atoms with E-state index in [9.17, 15) is 9.90 Å². The fraction of sp³-hybridized carbons (Fsp3) is 0.632. The maximum Gasteiger partial charge on any atom is 0.408 e. The zero-order valence-corrected chi connectivity index (χ0v) is 15.8. The van der Waals surface area contributed by atoms with E-state index in [2.05, 4.69) is 62.2 Å². The molecule has 2 atom stereocenters. The minimum absolute atomic E-state index is 0.0305. The van der Waals surface area contributed by atoms with Gasteiger partial charge in [0, 0.05) is 38.4 Å². The van der Waals surface area contributed by atoms with Crippen molar-refractivity contribution in [1.82, 2.24) is 9.80 Å². The summed E-state index contributed by atoms with van der Waals surface area (Å²) in [5, 5.41) is 12.9. The second kappa shape index (κ2) is 6.63. The molecule has 1 aliphatic heterocycles. The summed E-state index contributed by atoms with van der Waals surface area (Å²) >= 11 is 0. The lowest BCUT2D eigenvalue weighted by molar-refractivity contribution is -0.0716. The van der Waals surface area contributed by atoms with E-state index in [-0.39, 0.29) is 11.5 Å². The summed E-state index contributed by atoms with van der Waals surface area (Å²) in [6.45, 7) is 12.8. The van der Waals surface area contributed by atoms with Crippen LogP contribution in [0.2, 0.25) is 0 Å². The highest BCUT2D eigenvalue weighted by atomic mass is 16.4. The molecule has 1 aromatic rings. The summed E-state index contributed by atoms with van der Waals surface area (Å²) in [4.78, 5) is 15.9. The third-order valence-corrected chi connectivity index (χ3v) is 5.50. The lowest BCUT2D eigenvalue weighted by Crippen LogP contribution is -2.70. The van der Waals surface area contributed by atoms with Gasteiger partial charge in [0.25, 0.3) is 0 Å². The van der Waals surface area contributed by atoms with E-state index >= 15 is 0 Å². The van der Waals surface area contributed by atoms with E-state index in [1.807, 2.05) is 14.0 Å². The number of anilines is 1. The number of carbonyl (C=O) groups is 1. The lowest BCUT2D eigenvalue weighted by atomic mass is 9.71. The molecule has 2 rings (SSSR count). The third-order valence-electron chi connectivity index (χ3n) is 5.50. The third kappa shape index (κ3) is 3.51. The summed E-state index contributed by atoms with van der Waals surface area (Å²) in [5.74, 6) is 0. The Morgan fingerprint density at radius 1 is 1.33 bits per heavy atom. The minimum Gasteiger partial charge on any atom is -0.465 e. The van der Waals surface area contributed by atoms with E-state index < -0.39 is 11.6 Å². The van der Waals surface area contributed by atoms with Crippen molar-refractivity contribution in [2.45, 2.75) is 52.7 Å². The number of rotatable bonds is 3. The minimum atomic E-state index is -0.821. The molecule has 134 valence electrons. The Kier molecular flexibility index (Phi) is 5.14. The smallest absolute Gasteiger partial charge is 0.408 e. The Morgan fingerprint density at radius 2 is 1.92 bits per heavy atom. The lowest BCUT2D eigenvalue weighted by Gasteiger charge is -2.57. The number of nitrogens with one attached hydrogen (secondary N) is 1. The van der Waals surface area contributed by atoms with Gasteiger partial charge in [0.1, 0.15) is 0 Å². The molecule has 0 spiro atoms. The molecule has 24 heavy (non-hydrogen) atoms. The van der Waals surface area contributed by atoms with Gasteiger partial charge in [-0.05, 0) is 37.0 Å². The number of carboxylic acid groups (broad SMARTS) is 1. The molecule has 0 radical (unpaired) electrons. The second-order valence-corrected chi connectivity index (χ2v) is 8.14. The van der Waals surface area contributed by atoms with Crippen LogP contribution in [0.15, 0.2) is 24.3 Å². The molecule has 5 heteroatoms. The van der Waals surface area contributed by atoms with E-state index in [1.165, 1.54) is 5.56 Å². The van der Waals surface area contributed by atoms with Gasteiger partial charge in [-0.3, -0.25) is 9.80 Å². The maximum absolute atomic E-state index is 11.9. The highest BCUT2D eigenvalue weighted by Crippen LogP contribution is 2.40. The van der Waals surface area contributed by atoms with Crippen molar-refractivity contribution in [2.24, 2.45) is 5.41 Å². The van der Waals surface area contributed by atoms with Gasteiger partial charge in [0.2, 0.25) is 0 Å². The predicted molar refractivity (Wildman–Crippen MR) is 98.5 cm³/mol. The quantitative estimate of drug-likeness (QED) is 0.885. The number of piperazine rings is 1. The molecule has 1 saturated heterocycles. The highest BCUT2D eigenvalue weighted by Gasteiger charge is 2.50. The first kappa shape index (κ1) is 18.6.